The van der Waals surface area contributed by atoms with Crippen molar-refractivity contribution in [3.05, 3.63) is 71.4 Å². The number of para-hydroxylation sites is 1. The Morgan fingerprint density at radius 3 is 2.34 bits per heavy atom. The average Bonchev–Trinajstić information content (AvgIpc) is 3.36. The van der Waals surface area contributed by atoms with Gasteiger partial charge in [-0.2, -0.15) is 0 Å². The number of imidazole rings is 1. The Kier molecular flexibility index (Phi) is 4.27. The molecule has 2 heterocycles. The molecule has 7 nitrogen and oxygen atoms in total. The number of hydrogen-bond acceptors (Lipinski definition) is 5. The first kappa shape index (κ1) is 17.5. The van der Waals surface area contributed by atoms with Gasteiger partial charge in [0.05, 0.1) is 5.69 Å². The number of nitrogens with two attached hydrogens (primary N) is 1. The molecule has 0 amide bonds. The fraction of sp³-hybridized carbons (Fsp3) is 0.227. The van der Waals surface area contributed by atoms with Gasteiger partial charge in [-0.25, -0.2) is 14.8 Å². The maximum absolute atomic E-state index is 13.4. The molecule has 146 valence electrons. The Morgan fingerprint density at radius 2 is 1.62 bits per heavy atom. The van der Waals surface area contributed by atoms with E-state index >= 15 is 0 Å². The summed E-state index contributed by atoms with van der Waals surface area (Å²) in [5.41, 5.74) is 7.89. The predicted octanol–water partition coefficient (Wildman–Crippen LogP) is 4.07. The zero-order valence-electron chi connectivity index (χ0n) is 15.9. The van der Waals surface area contributed by atoms with Crippen molar-refractivity contribution in [2.45, 2.75) is 31.7 Å². The van der Waals surface area contributed by atoms with Gasteiger partial charge < -0.3 is 10.5 Å². The van der Waals surface area contributed by atoms with Crippen LogP contribution in [0.1, 0.15) is 31.7 Å². The molecule has 0 unspecified atom stereocenters. The first-order valence-corrected chi connectivity index (χ1v) is 9.79. The van der Waals surface area contributed by atoms with E-state index in [0.29, 0.717) is 28.4 Å². The second-order valence-corrected chi connectivity index (χ2v) is 7.27. The van der Waals surface area contributed by atoms with Crippen LogP contribution in [-0.2, 0) is 0 Å². The second kappa shape index (κ2) is 7.09. The Labute approximate surface area is 167 Å². The first-order valence-electron chi connectivity index (χ1n) is 9.79. The molecule has 0 saturated heterocycles. The molecule has 2 N–H and O–H groups in total. The van der Waals surface area contributed by atoms with Crippen LogP contribution in [0.5, 0.6) is 11.5 Å². The van der Waals surface area contributed by atoms with Gasteiger partial charge in [-0.1, -0.05) is 31.0 Å². The maximum Gasteiger partial charge on any atom is 0.335 e. The third kappa shape index (κ3) is 3.04. The van der Waals surface area contributed by atoms with Crippen molar-refractivity contribution in [1.29, 1.82) is 0 Å². The summed E-state index contributed by atoms with van der Waals surface area (Å²) in [6, 6.07) is 17.1. The van der Waals surface area contributed by atoms with Crippen molar-refractivity contribution >= 4 is 17.0 Å². The molecule has 0 radical (unpaired) electrons. The van der Waals surface area contributed by atoms with E-state index in [4.69, 9.17) is 10.5 Å². The Morgan fingerprint density at radius 1 is 0.931 bits per heavy atom. The maximum atomic E-state index is 13.4. The molecule has 1 aliphatic carbocycles. The highest BCUT2D eigenvalue weighted by atomic mass is 16.5. The Bertz CT molecular complexity index is 1210. The van der Waals surface area contributed by atoms with Gasteiger partial charge in [0.15, 0.2) is 11.5 Å². The highest BCUT2D eigenvalue weighted by molar-refractivity contribution is 5.84. The van der Waals surface area contributed by atoms with Crippen molar-refractivity contribution in [2.24, 2.45) is 0 Å². The standard InChI is InChI=1S/C22H21N5O2/c23-20-19-21(25-14-24-20)27(15-6-4-5-7-15)22(28)26(19)16-10-12-18(13-11-16)29-17-8-2-1-3-9-17/h1-3,8-15H,4-7H2,(H2,23,24,25). The van der Waals surface area contributed by atoms with Crippen LogP contribution < -0.4 is 16.2 Å². The lowest BCUT2D eigenvalue weighted by atomic mass is 10.2. The van der Waals surface area contributed by atoms with Crippen molar-refractivity contribution in [3.8, 4) is 17.2 Å². The van der Waals surface area contributed by atoms with Crippen LogP contribution in [0.25, 0.3) is 16.9 Å². The normalized spacial score (nSPS) is 14.5. The van der Waals surface area contributed by atoms with E-state index < -0.39 is 0 Å². The average molecular weight is 387 g/mol. The zero-order chi connectivity index (χ0) is 19.8. The molecule has 1 fully saturated rings. The third-order valence-electron chi connectivity index (χ3n) is 5.44. The van der Waals surface area contributed by atoms with Crippen molar-refractivity contribution in [1.82, 2.24) is 19.1 Å². The lowest BCUT2D eigenvalue weighted by Crippen LogP contribution is -2.25. The molecular weight excluding hydrogens is 366 g/mol. The summed E-state index contributed by atoms with van der Waals surface area (Å²) in [6.07, 6.45) is 5.62. The van der Waals surface area contributed by atoms with Gasteiger partial charge in [0.25, 0.3) is 0 Å². The van der Waals surface area contributed by atoms with Gasteiger partial charge in [-0.15, -0.1) is 0 Å². The number of aromatic nitrogens is 4. The monoisotopic (exact) mass is 387 g/mol. The number of ether oxygens (including phenoxy) is 1. The van der Waals surface area contributed by atoms with E-state index in [1.807, 2.05) is 54.6 Å². The molecule has 0 bridgehead atoms. The summed E-state index contributed by atoms with van der Waals surface area (Å²) < 4.78 is 9.25. The van der Waals surface area contributed by atoms with E-state index in [2.05, 4.69) is 9.97 Å². The van der Waals surface area contributed by atoms with Gasteiger partial charge in [0, 0.05) is 6.04 Å². The second-order valence-electron chi connectivity index (χ2n) is 7.27. The van der Waals surface area contributed by atoms with Crippen molar-refractivity contribution in [3.63, 3.8) is 0 Å². The van der Waals surface area contributed by atoms with Gasteiger partial charge in [-0.05, 0) is 49.2 Å². The number of nitrogens with zero attached hydrogens (tertiary/aromatic N) is 4. The molecule has 0 spiro atoms. The summed E-state index contributed by atoms with van der Waals surface area (Å²) in [6.45, 7) is 0. The molecule has 0 aliphatic heterocycles. The summed E-state index contributed by atoms with van der Waals surface area (Å²) in [5, 5.41) is 0. The zero-order valence-corrected chi connectivity index (χ0v) is 15.9. The summed E-state index contributed by atoms with van der Waals surface area (Å²) in [5.74, 6) is 1.75. The predicted molar refractivity (Wildman–Crippen MR) is 112 cm³/mol. The summed E-state index contributed by atoms with van der Waals surface area (Å²) in [4.78, 5) is 21.9. The molecule has 1 aliphatic rings. The van der Waals surface area contributed by atoms with Gasteiger partial charge >= 0.3 is 5.69 Å². The van der Waals surface area contributed by atoms with Gasteiger partial charge in [0.2, 0.25) is 0 Å². The molecular formula is C22H21N5O2. The van der Waals surface area contributed by atoms with Gasteiger partial charge in [-0.3, -0.25) is 9.13 Å². The molecule has 7 heteroatoms. The van der Waals surface area contributed by atoms with E-state index in [1.165, 1.54) is 6.33 Å². The van der Waals surface area contributed by atoms with Crippen LogP contribution in [-0.4, -0.2) is 19.1 Å². The largest absolute Gasteiger partial charge is 0.457 e. The fourth-order valence-electron chi connectivity index (χ4n) is 4.09. The van der Waals surface area contributed by atoms with Crippen molar-refractivity contribution < 1.29 is 4.74 Å². The van der Waals surface area contributed by atoms with Crippen LogP contribution in [0.2, 0.25) is 0 Å². The van der Waals surface area contributed by atoms with Crippen LogP contribution in [0, 0.1) is 0 Å². The minimum absolute atomic E-state index is 0.129. The minimum Gasteiger partial charge on any atom is -0.457 e. The number of hydrogen-bond donors (Lipinski definition) is 1. The smallest absolute Gasteiger partial charge is 0.335 e. The molecule has 29 heavy (non-hydrogen) atoms. The highest BCUT2D eigenvalue weighted by Crippen LogP contribution is 2.32. The highest BCUT2D eigenvalue weighted by Gasteiger charge is 2.26. The fourth-order valence-corrected chi connectivity index (χ4v) is 4.09. The molecule has 2 aromatic heterocycles. The summed E-state index contributed by atoms with van der Waals surface area (Å²) >= 11 is 0. The van der Waals surface area contributed by atoms with Crippen LogP contribution in [0.3, 0.4) is 0 Å². The van der Waals surface area contributed by atoms with Gasteiger partial charge in [0.1, 0.15) is 23.3 Å². The Balaban J connectivity index is 1.60. The molecule has 1 saturated carbocycles. The lowest BCUT2D eigenvalue weighted by molar-refractivity contribution is 0.482. The van der Waals surface area contributed by atoms with E-state index in [-0.39, 0.29) is 11.7 Å². The van der Waals surface area contributed by atoms with E-state index in [1.54, 1.807) is 9.13 Å². The molecule has 4 aromatic rings. The molecule has 0 atom stereocenters. The SMILES string of the molecule is Nc1ncnc2c1n(-c1ccc(Oc3ccccc3)cc1)c(=O)n2C1CCCC1. The van der Waals surface area contributed by atoms with Crippen LogP contribution >= 0.6 is 0 Å². The summed E-state index contributed by atoms with van der Waals surface area (Å²) in [7, 11) is 0. The number of anilines is 1. The van der Waals surface area contributed by atoms with Crippen LogP contribution in [0.15, 0.2) is 65.7 Å². The van der Waals surface area contributed by atoms with E-state index in [9.17, 15) is 4.79 Å². The molecule has 2 aromatic carbocycles. The third-order valence-corrected chi connectivity index (χ3v) is 5.44. The Hall–Kier alpha value is -3.61. The number of benzene rings is 2. The van der Waals surface area contributed by atoms with E-state index in [0.717, 1.165) is 31.4 Å². The number of nitrogen functional groups attached to an aromatic ring is 1. The quantitative estimate of drug-likeness (QED) is 0.570. The topological polar surface area (TPSA) is 88.0 Å². The first-order chi connectivity index (χ1) is 14.2. The van der Waals surface area contributed by atoms with Crippen molar-refractivity contribution in [2.75, 3.05) is 5.73 Å². The van der Waals surface area contributed by atoms with Crippen LogP contribution in [0.4, 0.5) is 5.82 Å². The lowest BCUT2D eigenvalue weighted by Gasteiger charge is -2.10. The number of rotatable bonds is 4. The number of fused-ring (bicyclic) bond motifs is 1. The minimum atomic E-state index is -0.129. The molecule has 5 rings (SSSR count).